The molecular formula is C16H19NOS. The van der Waals surface area contributed by atoms with Crippen molar-refractivity contribution in [1.82, 2.24) is 4.98 Å². The van der Waals surface area contributed by atoms with Crippen LogP contribution in [0.1, 0.15) is 37.3 Å². The summed E-state index contributed by atoms with van der Waals surface area (Å²) in [4.78, 5) is 15.6. The molecule has 1 aromatic carbocycles. The van der Waals surface area contributed by atoms with E-state index in [0.717, 1.165) is 29.1 Å². The summed E-state index contributed by atoms with van der Waals surface area (Å²) in [7, 11) is 0. The van der Waals surface area contributed by atoms with Crippen LogP contribution in [-0.2, 0) is 17.6 Å². The molecule has 0 fully saturated rings. The number of thiazole rings is 1. The molecule has 0 aliphatic heterocycles. The van der Waals surface area contributed by atoms with Crippen molar-refractivity contribution in [3.8, 4) is 11.3 Å². The lowest BCUT2D eigenvalue weighted by atomic mass is 10.1. The Balaban J connectivity index is 2.07. The van der Waals surface area contributed by atoms with Crippen LogP contribution in [0.4, 0.5) is 0 Å². The van der Waals surface area contributed by atoms with E-state index in [1.807, 2.05) is 0 Å². The SMILES string of the molecule is CCCc1ccc(-c2csc(CCC(C)=O)n2)cc1. The van der Waals surface area contributed by atoms with E-state index in [4.69, 9.17) is 0 Å². The smallest absolute Gasteiger partial charge is 0.130 e. The number of ketones is 1. The van der Waals surface area contributed by atoms with Gasteiger partial charge in [0.2, 0.25) is 0 Å². The molecule has 19 heavy (non-hydrogen) atoms. The van der Waals surface area contributed by atoms with Gasteiger partial charge < -0.3 is 4.79 Å². The van der Waals surface area contributed by atoms with Crippen molar-refractivity contribution in [1.29, 1.82) is 0 Å². The number of carbonyl (C=O) groups is 1. The standard InChI is InChI=1S/C16H19NOS/c1-3-4-13-6-8-14(9-7-13)15-11-19-16(17-15)10-5-12(2)18/h6-9,11H,3-5,10H2,1-2H3. The number of aryl methyl sites for hydroxylation is 2. The van der Waals surface area contributed by atoms with Crippen LogP contribution in [0.2, 0.25) is 0 Å². The highest BCUT2D eigenvalue weighted by Crippen LogP contribution is 2.23. The Bertz CT molecular complexity index is 542. The van der Waals surface area contributed by atoms with Crippen molar-refractivity contribution in [2.45, 2.75) is 39.5 Å². The Morgan fingerprint density at radius 2 is 1.95 bits per heavy atom. The van der Waals surface area contributed by atoms with E-state index < -0.39 is 0 Å². The van der Waals surface area contributed by atoms with Crippen molar-refractivity contribution in [3.05, 3.63) is 40.2 Å². The summed E-state index contributed by atoms with van der Waals surface area (Å²) in [5, 5.41) is 3.12. The molecule has 0 N–H and O–H groups in total. The molecule has 1 aromatic heterocycles. The van der Waals surface area contributed by atoms with Gasteiger partial charge in [0.15, 0.2) is 0 Å². The van der Waals surface area contributed by atoms with Crippen molar-refractivity contribution in [2.75, 3.05) is 0 Å². The molecule has 0 saturated carbocycles. The number of hydrogen-bond acceptors (Lipinski definition) is 3. The van der Waals surface area contributed by atoms with Crippen molar-refractivity contribution in [3.63, 3.8) is 0 Å². The van der Waals surface area contributed by atoms with Gasteiger partial charge in [-0.25, -0.2) is 4.98 Å². The summed E-state index contributed by atoms with van der Waals surface area (Å²) in [6, 6.07) is 8.62. The fourth-order valence-corrected chi connectivity index (χ4v) is 2.78. The molecule has 2 nitrogen and oxygen atoms in total. The Morgan fingerprint density at radius 1 is 1.21 bits per heavy atom. The predicted molar refractivity (Wildman–Crippen MR) is 80.5 cm³/mol. The van der Waals surface area contributed by atoms with Crippen LogP contribution in [0.5, 0.6) is 0 Å². The molecule has 3 heteroatoms. The van der Waals surface area contributed by atoms with E-state index in [9.17, 15) is 4.79 Å². The number of aromatic nitrogens is 1. The largest absolute Gasteiger partial charge is 0.300 e. The van der Waals surface area contributed by atoms with Gasteiger partial charge in [-0.1, -0.05) is 37.6 Å². The Morgan fingerprint density at radius 3 is 2.58 bits per heavy atom. The maximum absolute atomic E-state index is 11.0. The third-order valence-electron chi connectivity index (χ3n) is 3.03. The lowest BCUT2D eigenvalue weighted by Gasteiger charge is -2.00. The summed E-state index contributed by atoms with van der Waals surface area (Å²) in [5.41, 5.74) is 3.55. The van der Waals surface area contributed by atoms with Gasteiger partial charge in [0.25, 0.3) is 0 Å². The normalized spacial score (nSPS) is 10.6. The molecule has 2 aromatic rings. The zero-order valence-corrected chi connectivity index (χ0v) is 12.3. The number of rotatable bonds is 6. The van der Waals surface area contributed by atoms with Crippen LogP contribution >= 0.6 is 11.3 Å². The molecule has 2 rings (SSSR count). The first-order chi connectivity index (χ1) is 9.19. The van der Waals surface area contributed by atoms with E-state index in [1.54, 1.807) is 18.3 Å². The van der Waals surface area contributed by atoms with Crippen LogP contribution in [0.15, 0.2) is 29.6 Å². The molecule has 0 aliphatic carbocycles. The van der Waals surface area contributed by atoms with Crippen LogP contribution in [0, 0.1) is 0 Å². The average molecular weight is 273 g/mol. The van der Waals surface area contributed by atoms with Gasteiger partial charge in [-0.15, -0.1) is 11.3 Å². The first kappa shape index (κ1) is 13.9. The van der Waals surface area contributed by atoms with Crippen LogP contribution in [-0.4, -0.2) is 10.8 Å². The Kier molecular flexibility index (Phi) is 4.86. The molecule has 0 bridgehead atoms. The highest BCUT2D eigenvalue weighted by molar-refractivity contribution is 7.09. The monoisotopic (exact) mass is 273 g/mol. The summed E-state index contributed by atoms with van der Waals surface area (Å²) in [6.07, 6.45) is 3.64. The van der Waals surface area contributed by atoms with Gasteiger partial charge in [0, 0.05) is 23.8 Å². The maximum atomic E-state index is 11.0. The number of Topliss-reactive ketones (excluding diaryl/α,β-unsaturated/α-hetero) is 1. The van der Waals surface area contributed by atoms with E-state index in [2.05, 4.69) is 41.6 Å². The summed E-state index contributed by atoms with van der Waals surface area (Å²) in [6.45, 7) is 3.82. The molecule has 0 atom stereocenters. The molecule has 0 amide bonds. The van der Waals surface area contributed by atoms with E-state index in [1.165, 1.54) is 12.0 Å². The number of benzene rings is 1. The molecule has 100 valence electrons. The summed E-state index contributed by atoms with van der Waals surface area (Å²) >= 11 is 1.64. The molecular weight excluding hydrogens is 254 g/mol. The van der Waals surface area contributed by atoms with Crippen molar-refractivity contribution < 1.29 is 4.79 Å². The Labute approximate surface area is 118 Å². The quantitative estimate of drug-likeness (QED) is 0.786. The van der Waals surface area contributed by atoms with E-state index in [0.29, 0.717) is 6.42 Å². The van der Waals surface area contributed by atoms with Gasteiger partial charge in [0.1, 0.15) is 5.78 Å². The second kappa shape index (κ2) is 6.62. The van der Waals surface area contributed by atoms with Gasteiger partial charge >= 0.3 is 0 Å². The molecule has 0 saturated heterocycles. The number of carbonyl (C=O) groups excluding carboxylic acids is 1. The minimum Gasteiger partial charge on any atom is -0.300 e. The maximum Gasteiger partial charge on any atom is 0.130 e. The molecule has 0 unspecified atom stereocenters. The fourth-order valence-electron chi connectivity index (χ4n) is 1.97. The second-order valence-electron chi connectivity index (χ2n) is 4.78. The highest BCUT2D eigenvalue weighted by atomic mass is 32.1. The molecule has 1 heterocycles. The topological polar surface area (TPSA) is 30.0 Å². The Hall–Kier alpha value is -1.48. The van der Waals surface area contributed by atoms with Crippen LogP contribution in [0.25, 0.3) is 11.3 Å². The zero-order chi connectivity index (χ0) is 13.7. The van der Waals surface area contributed by atoms with Crippen molar-refractivity contribution in [2.24, 2.45) is 0 Å². The van der Waals surface area contributed by atoms with Crippen LogP contribution < -0.4 is 0 Å². The first-order valence-corrected chi connectivity index (χ1v) is 7.60. The van der Waals surface area contributed by atoms with Gasteiger partial charge in [-0.3, -0.25) is 0 Å². The minimum absolute atomic E-state index is 0.223. The van der Waals surface area contributed by atoms with E-state index in [-0.39, 0.29) is 5.78 Å². The number of hydrogen-bond donors (Lipinski definition) is 0. The lowest BCUT2D eigenvalue weighted by molar-refractivity contribution is -0.116. The molecule has 0 spiro atoms. The fraction of sp³-hybridized carbons (Fsp3) is 0.375. The number of nitrogens with zero attached hydrogens (tertiary/aromatic N) is 1. The van der Waals surface area contributed by atoms with Crippen molar-refractivity contribution >= 4 is 17.1 Å². The molecule has 0 radical (unpaired) electrons. The lowest BCUT2D eigenvalue weighted by Crippen LogP contribution is -1.93. The summed E-state index contributed by atoms with van der Waals surface area (Å²) < 4.78 is 0. The average Bonchev–Trinajstić information content (AvgIpc) is 2.86. The molecule has 0 aliphatic rings. The van der Waals surface area contributed by atoms with Crippen LogP contribution in [0.3, 0.4) is 0 Å². The predicted octanol–water partition coefficient (Wildman–Crippen LogP) is 4.28. The zero-order valence-electron chi connectivity index (χ0n) is 11.5. The minimum atomic E-state index is 0.223. The summed E-state index contributed by atoms with van der Waals surface area (Å²) in [5.74, 6) is 0.223. The third-order valence-corrected chi connectivity index (χ3v) is 3.94. The van der Waals surface area contributed by atoms with Gasteiger partial charge in [-0.05, 0) is 18.9 Å². The first-order valence-electron chi connectivity index (χ1n) is 6.72. The van der Waals surface area contributed by atoms with E-state index >= 15 is 0 Å². The second-order valence-corrected chi connectivity index (χ2v) is 5.72. The highest BCUT2D eigenvalue weighted by Gasteiger charge is 2.05. The van der Waals surface area contributed by atoms with Gasteiger partial charge in [0.05, 0.1) is 10.7 Å². The third kappa shape index (κ3) is 4.00. The van der Waals surface area contributed by atoms with Gasteiger partial charge in [-0.2, -0.15) is 0 Å².